The maximum absolute atomic E-state index is 14.3. The first kappa shape index (κ1) is 16.9. The highest BCUT2D eigenvalue weighted by Crippen LogP contribution is 2.40. The standard InChI is InChI=1S/C18H13ClFN3O2S/c19-14-6-5-11(9-21-14)10-23-17(25)15(12-3-1-2-4-13(12)20)16(24)22-7-8-26-18(22)23/h1-9,18,25H,10H2. The number of halogens is 2. The van der Waals surface area contributed by atoms with Gasteiger partial charge in [0.25, 0.3) is 5.91 Å². The molecule has 0 radical (unpaired) electrons. The molecule has 0 fully saturated rings. The Balaban J connectivity index is 1.79. The van der Waals surface area contributed by atoms with Crippen LogP contribution in [0.4, 0.5) is 4.39 Å². The molecule has 2 aromatic rings. The van der Waals surface area contributed by atoms with E-state index in [2.05, 4.69) is 4.98 Å². The summed E-state index contributed by atoms with van der Waals surface area (Å²) in [7, 11) is 0. The van der Waals surface area contributed by atoms with Crippen LogP contribution in [0.3, 0.4) is 0 Å². The first-order chi connectivity index (χ1) is 12.6. The maximum atomic E-state index is 14.3. The van der Waals surface area contributed by atoms with Gasteiger partial charge in [-0.05, 0) is 23.1 Å². The van der Waals surface area contributed by atoms with Gasteiger partial charge in [-0.25, -0.2) is 9.37 Å². The maximum Gasteiger partial charge on any atom is 0.266 e. The van der Waals surface area contributed by atoms with Gasteiger partial charge in [0.2, 0.25) is 5.88 Å². The highest BCUT2D eigenvalue weighted by Gasteiger charge is 2.42. The second-order valence-electron chi connectivity index (χ2n) is 5.76. The van der Waals surface area contributed by atoms with Crippen molar-refractivity contribution in [2.75, 3.05) is 0 Å². The van der Waals surface area contributed by atoms with Gasteiger partial charge in [0.15, 0.2) is 5.50 Å². The molecule has 3 heterocycles. The lowest BCUT2D eigenvalue weighted by atomic mass is 10.0. The Labute approximate surface area is 158 Å². The molecule has 2 aliphatic rings. The van der Waals surface area contributed by atoms with Crippen LogP contribution in [0.15, 0.2) is 60.1 Å². The largest absolute Gasteiger partial charge is 0.494 e. The van der Waals surface area contributed by atoms with Crippen LogP contribution in [0, 0.1) is 5.82 Å². The SMILES string of the molecule is O=C1C(c2ccccc2F)=C(O)N(Cc2ccc(Cl)nc2)C2SC=CN12. The second-order valence-corrected chi connectivity index (χ2v) is 7.11. The van der Waals surface area contributed by atoms with Crippen molar-refractivity contribution >= 4 is 34.8 Å². The molecule has 1 unspecified atom stereocenters. The summed E-state index contributed by atoms with van der Waals surface area (Å²) in [6, 6.07) is 9.35. The van der Waals surface area contributed by atoms with Crippen molar-refractivity contribution in [1.82, 2.24) is 14.8 Å². The number of nitrogens with zero attached hydrogens (tertiary/aromatic N) is 3. The Kier molecular flexibility index (Phi) is 4.34. The summed E-state index contributed by atoms with van der Waals surface area (Å²) in [5, 5.41) is 13.0. The van der Waals surface area contributed by atoms with Crippen molar-refractivity contribution in [1.29, 1.82) is 0 Å². The molecule has 4 rings (SSSR count). The van der Waals surface area contributed by atoms with Crippen LogP contribution in [0.1, 0.15) is 11.1 Å². The number of aliphatic hydroxyl groups excluding tert-OH is 1. The average molecular weight is 390 g/mol. The average Bonchev–Trinajstić information content (AvgIpc) is 3.12. The van der Waals surface area contributed by atoms with Crippen molar-refractivity contribution in [3.63, 3.8) is 0 Å². The third-order valence-electron chi connectivity index (χ3n) is 4.16. The number of pyridine rings is 1. The van der Waals surface area contributed by atoms with Crippen molar-refractivity contribution < 1.29 is 14.3 Å². The third kappa shape index (κ3) is 2.83. The van der Waals surface area contributed by atoms with Crippen molar-refractivity contribution in [2.45, 2.75) is 12.0 Å². The molecule has 1 amide bonds. The van der Waals surface area contributed by atoms with Crippen LogP contribution in [-0.4, -0.2) is 31.3 Å². The van der Waals surface area contributed by atoms with Gasteiger partial charge in [-0.3, -0.25) is 9.69 Å². The fraction of sp³-hybridized carbons (Fsp3) is 0.111. The molecule has 1 N–H and O–H groups in total. The molecule has 2 aliphatic heterocycles. The van der Waals surface area contributed by atoms with Crippen LogP contribution < -0.4 is 0 Å². The number of amides is 1. The molecule has 0 bridgehead atoms. The number of hydrogen-bond acceptors (Lipinski definition) is 5. The van der Waals surface area contributed by atoms with Gasteiger partial charge in [0.05, 0.1) is 6.54 Å². The number of hydrogen-bond donors (Lipinski definition) is 1. The highest BCUT2D eigenvalue weighted by molar-refractivity contribution is 8.02. The van der Waals surface area contributed by atoms with Crippen molar-refractivity contribution in [2.24, 2.45) is 0 Å². The summed E-state index contributed by atoms with van der Waals surface area (Å²) in [6.07, 6.45) is 3.24. The van der Waals surface area contributed by atoms with Crippen LogP contribution in [0.5, 0.6) is 0 Å². The van der Waals surface area contributed by atoms with E-state index in [4.69, 9.17) is 11.6 Å². The lowest BCUT2D eigenvalue weighted by Crippen LogP contribution is -2.49. The first-order valence-corrected chi connectivity index (χ1v) is 9.08. The zero-order chi connectivity index (χ0) is 18.3. The zero-order valence-electron chi connectivity index (χ0n) is 13.3. The minimum absolute atomic E-state index is 0.0616. The molecule has 1 aromatic carbocycles. The van der Waals surface area contributed by atoms with Gasteiger partial charge >= 0.3 is 0 Å². The van der Waals surface area contributed by atoms with Crippen molar-refractivity contribution in [3.05, 3.63) is 82.2 Å². The first-order valence-electron chi connectivity index (χ1n) is 7.76. The van der Waals surface area contributed by atoms with Gasteiger partial charge in [-0.15, -0.1) is 0 Å². The monoisotopic (exact) mass is 389 g/mol. The summed E-state index contributed by atoms with van der Waals surface area (Å²) in [5.41, 5.74) is 0.371. The summed E-state index contributed by atoms with van der Waals surface area (Å²) in [4.78, 5) is 20.0. The predicted molar refractivity (Wildman–Crippen MR) is 98.1 cm³/mol. The lowest BCUT2D eigenvalue weighted by Gasteiger charge is -2.39. The van der Waals surface area contributed by atoms with E-state index in [9.17, 15) is 14.3 Å². The summed E-state index contributed by atoms with van der Waals surface area (Å²) in [6.45, 7) is 0.289. The minimum atomic E-state index is -0.565. The predicted octanol–water partition coefficient (Wildman–Crippen LogP) is 3.95. The smallest absolute Gasteiger partial charge is 0.266 e. The summed E-state index contributed by atoms with van der Waals surface area (Å²) >= 11 is 7.20. The molecule has 8 heteroatoms. The van der Waals surface area contributed by atoms with Gasteiger partial charge in [0.1, 0.15) is 16.5 Å². The molecule has 1 atom stereocenters. The number of benzene rings is 1. The van der Waals surface area contributed by atoms with E-state index >= 15 is 0 Å². The second kappa shape index (κ2) is 6.66. The number of carbonyl (C=O) groups excluding carboxylic acids is 1. The molecule has 1 aromatic heterocycles. The fourth-order valence-electron chi connectivity index (χ4n) is 2.92. The van der Waals surface area contributed by atoms with Gasteiger partial charge in [-0.1, -0.05) is 47.6 Å². The topological polar surface area (TPSA) is 56.7 Å². The van der Waals surface area contributed by atoms with Crippen molar-refractivity contribution in [3.8, 4) is 0 Å². The van der Waals surface area contributed by atoms with Crippen LogP contribution in [0.25, 0.3) is 5.57 Å². The van der Waals surface area contributed by atoms with E-state index in [1.165, 1.54) is 34.9 Å². The third-order valence-corrected chi connectivity index (χ3v) is 5.38. The zero-order valence-corrected chi connectivity index (χ0v) is 14.9. The van der Waals surface area contributed by atoms with E-state index < -0.39 is 17.2 Å². The van der Waals surface area contributed by atoms with Gasteiger partial charge in [0, 0.05) is 18.0 Å². The van der Waals surface area contributed by atoms with Gasteiger partial charge < -0.3 is 10.0 Å². The minimum Gasteiger partial charge on any atom is -0.494 e. The van der Waals surface area contributed by atoms with E-state index in [1.807, 2.05) is 0 Å². The Morgan fingerprint density at radius 1 is 1.27 bits per heavy atom. The number of rotatable bonds is 3. The molecule has 26 heavy (non-hydrogen) atoms. The van der Waals surface area contributed by atoms with E-state index in [0.29, 0.717) is 5.15 Å². The number of aliphatic hydroxyl groups is 1. The fourth-order valence-corrected chi connectivity index (χ4v) is 4.00. The molecule has 0 saturated heterocycles. The Hall–Kier alpha value is -2.51. The number of aromatic nitrogens is 1. The Morgan fingerprint density at radius 3 is 2.81 bits per heavy atom. The normalized spacial score (nSPS) is 19.3. The van der Waals surface area contributed by atoms with E-state index in [-0.39, 0.29) is 23.6 Å². The van der Waals surface area contributed by atoms with E-state index in [0.717, 1.165) is 5.56 Å². The van der Waals surface area contributed by atoms with Gasteiger partial charge in [-0.2, -0.15) is 0 Å². The molecule has 0 saturated carbocycles. The molecule has 5 nitrogen and oxygen atoms in total. The molecule has 132 valence electrons. The summed E-state index contributed by atoms with van der Waals surface area (Å²) < 4.78 is 14.3. The quantitative estimate of drug-likeness (QED) is 0.805. The van der Waals surface area contributed by atoms with Crippen LogP contribution in [-0.2, 0) is 11.3 Å². The number of thioether (sulfide) groups is 1. The molecular weight excluding hydrogens is 377 g/mol. The Bertz CT molecular complexity index is 932. The van der Waals surface area contributed by atoms with Crippen LogP contribution >= 0.6 is 23.4 Å². The Morgan fingerprint density at radius 2 is 2.08 bits per heavy atom. The lowest BCUT2D eigenvalue weighted by molar-refractivity contribution is -0.127. The molecule has 0 aliphatic carbocycles. The number of fused-ring (bicyclic) bond motifs is 1. The molecular formula is C18H13ClFN3O2S. The highest BCUT2D eigenvalue weighted by atomic mass is 35.5. The van der Waals surface area contributed by atoms with E-state index in [1.54, 1.807) is 40.9 Å². The molecule has 0 spiro atoms. The van der Waals surface area contributed by atoms with Crippen LogP contribution in [0.2, 0.25) is 5.15 Å². The number of carbonyl (C=O) groups is 1. The summed E-state index contributed by atoms with van der Waals surface area (Å²) in [5.74, 6) is -1.26.